The van der Waals surface area contributed by atoms with Crippen molar-refractivity contribution in [3.8, 4) is 0 Å². The second-order valence-electron chi connectivity index (χ2n) is 4.26. The smallest absolute Gasteiger partial charge is 0.269 e. The number of allylic oxidation sites excluding steroid dienone is 1. The third-order valence-corrected chi connectivity index (χ3v) is 2.88. The van der Waals surface area contributed by atoms with Crippen molar-refractivity contribution in [1.82, 2.24) is 0 Å². The molecule has 0 aliphatic rings. The average Bonchev–Trinajstić information content (AvgIpc) is 2.53. The van der Waals surface area contributed by atoms with Crippen LogP contribution in [0.1, 0.15) is 15.9 Å². The molecule has 5 heteroatoms. The molecule has 0 saturated carbocycles. The van der Waals surface area contributed by atoms with E-state index in [2.05, 4.69) is 0 Å². The maximum atomic E-state index is 12.3. The topological polar surface area (TPSA) is 69.4 Å². The SMILES string of the molecule is CO/C(=C/c1ccc([N+](=O)[O-])cc1)C(=O)c1ccccc1. The zero-order valence-electron chi connectivity index (χ0n) is 11.4. The molecule has 0 fully saturated rings. The number of carbonyl (C=O) groups is 1. The van der Waals surface area contributed by atoms with Crippen molar-refractivity contribution in [2.45, 2.75) is 0 Å². The van der Waals surface area contributed by atoms with E-state index in [4.69, 9.17) is 4.74 Å². The largest absolute Gasteiger partial charge is 0.493 e. The Hall–Kier alpha value is -2.95. The monoisotopic (exact) mass is 283 g/mol. The molecule has 106 valence electrons. The lowest BCUT2D eigenvalue weighted by Crippen LogP contribution is -2.04. The van der Waals surface area contributed by atoms with Crippen LogP contribution < -0.4 is 0 Å². The molecule has 0 bridgehead atoms. The Morgan fingerprint density at radius 2 is 1.71 bits per heavy atom. The van der Waals surface area contributed by atoms with Gasteiger partial charge in [0, 0.05) is 17.7 Å². The highest BCUT2D eigenvalue weighted by molar-refractivity contribution is 6.09. The summed E-state index contributed by atoms with van der Waals surface area (Å²) in [5, 5.41) is 10.6. The molecule has 0 saturated heterocycles. The van der Waals surface area contributed by atoms with Gasteiger partial charge in [0.05, 0.1) is 12.0 Å². The molecule has 0 heterocycles. The first-order chi connectivity index (χ1) is 10.1. The van der Waals surface area contributed by atoms with Crippen LogP contribution in [0.15, 0.2) is 60.4 Å². The predicted molar refractivity (Wildman–Crippen MR) is 78.9 cm³/mol. The van der Waals surface area contributed by atoms with E-state index in [1.807, 2.05) is 6.07 Å². The summed E-state index contributed by atoms with van der Waals surface area (Å²) in [5.41, 5.74) is 1.18. The molecular formula is C16H13NO4. The Kier molecular flexibility index (Phi) is 4.46. The van der Waals surface area contributed by atoms with E-state index in [0.717, 1.165) is 0 Å². The van der Waals surface area contributed by atoms with Crippen LogP contribution >= 0.6 is 0 Å². The molecule has 5 nitrogen and oxygen atoms in total. The fourth-order valence-corrected chi connectivity index (χ4v) is 1.79. The number of nitrogens with zero attached hydrogens (tertiary/aromatic N) is 1. The van der Waals surface area contributed by atoms with Crippen molar-refractivity contribution < 1.29 is 14.5 Å². The summed E-state index contributed by atoms with van der Waals surface area (Å²) in [6.45, 7) is 0. The summed E-state index contributed by atoms with van der Waals surface area (Å²) in [6.07, 6.45) is 1.55. The van der Waals surface area contributed by atoms with Gasteiger partial charge >= 0.3 is 0 Å². The first kappa shape index (κ1) is 14.5. The second kappa shape index (κ2) is 6.47. The van der Waals surface area contributed by atoms with E-state index < -0.39 is 4.92 Å². The van der Waals surface area contributed by atoms with Crippen LogP contribution in [0.25, 0.3) is 6.08 Å². The highest BCUT2D eigenvalue weighted by atomic mass is 16.6. The van der Waals surface area contributed by atoms with E-state index >= 15 is 0 Å². The maximum absolute atomic E-state index is 12.3. The summed E-state index contributed by atoms with van der Waals surface area (Å²) >= 11 is 0. The number of ketones is 1. The van der Waals surface area contributed by atoms with E-state index in [1.165, 1.54) is 19.2 Å². The van der Waals surface area contributed by atoms with Crippen LogP contribution in [0.4, 0.5) is 5.69 Å². The summed E-state index contributed by atoms with van der Waals surface area (Å²) < 4.78 is 5.13. The number of nitro benzene ring substituents is 1. The zero-order valence-corrected chi connectivity index (χ0v) is 11.4. The third-order valence-electron chi connectivity index (χ3n) is 2.88. The molecule has 2 aromatic carbocycles. The van der Waals surface area contributed by atoms with Crippen LogP contribution in [0.2, 0.25) is 0 Å². The molecule has 0 radical (unpaired) electrons. The fourth-order valence-electron chi connectivity index (χ4n) is 1.79. The van der Waals surface area contributed by atoms with Crippen LogP contribution in [0.3, 0.4) is 0 Å². The number of nitro groups is 1. The van der Waals surface area contributed by atoms with Crippen molar-refractivity contribution in [2.24, 2.45) is 0 Å². The van der Waals surface area contributed by atoms with E-state index in [9.17, 15) is 14.9 Å². The van der Waals surface area contributed by atoms with Gasteiger partial charge in [-0.15, -0.1) is 0 Å². The van der Waals surface area contributed by atoms with Gasteiger partial charge in [0.1, 0.15) is 0 Å². The van der Waals surface area contributed by atoms with E-state index in [1.54, 1.807) is 42.5 Å². The number of methoxy groups -OCH3 is 1. The Bertz CT molecular complexity index is 675. The van der Waals surface area contributed by atoms with Gasteiger partial charge in [0.25, 0.3) is 5.69 Å². The summed E-state index contributed by atoms with van der Waals surface area (Å²) in [5.74, 6) is -0.0634. The molecule has 21 heavy (non-hydrogen) atoms. The fraction of sp³-hybridized carbons (Fsp3) is 0.0625. The number of rotatable bonds is 5. The van der Waals surface area contributed by atoms with Crippen LogP contribution in [-0.2, 0) is 4.74 Å². The number of hydrogen-bond acceptors (Lipinski definition) is 4. The number of benzene rings is 2. The van der Waals surface area contributed by atoms with Gasteiger partial charge in [-0.25, -0.2) is 0 Å². The van der Waals surface area contributed by atoms with Crippen molar-refractivity contribution in [3.63, 3.8) is 0 Å². The molecule has 0 spiro atoms. The number of hydrogen-bond donors (Lipinski definition) is 0. The minimum atomic E-state index is -0.472. The van der Waals surface area contributed by atoms with Gasteiger partial charge in [-0.1, -0.05) is 30.3 Å². The van der Waals surface area contributed by atoms with Gasteiger partial charge in [-0.2, -0.15) is 0 Å². The normalized spacial score (nSPS) is 11.0. The molecule has 2 aromatic rings. The Labute approximate surface area is 121 Å². The first-order valence-corrected chi connectivity index (χ1v) is 6.21. The average molecular weight is 283 g/mol. The molecule has 0 N–H and O–H groups in total. The van der Waals surface area contributed by atoms with Crippen molar-refractivity contribution in [2.75, 3.05) is 7.11 Å². The summed E-state index contributed by atoms with van der Waals surface area (Å²) in [4.78, 5) is 22.4. The molecule has 0 aromatic heterocycles. The van der Waals surface area contributed by atoms with E-state index in [0.29, 0.717) is 11.1 Å². The molecule has 0 atom stereocenters. The molecule has 0 aliphatic heterocycles. The van der Waals surface area contributed by atoms with Crippen molar-refractivity contribution in [3.05, 3.63) is 81.6 Å². The molecule has 0 amide bonds. The molecular weight excluding hydrogens is 270 g/mol. The van der Waals surface area contributed by atoms with Crippen LogP contribution in [0.5, 0.6) is 0 Å². The Morgan fingerprint density at radius 1 is 1.10 bits per heavy atom. The van der Waals surface area contributed by atoms with E-state index in [-0.39, 0.29) is 17.2 Å². The minimum absolute atomic E-state index is 0.000466. The quantitative estimate of drug-likeness (QED) is 0.277. The molecule has 0 aliphatic carbocycles. The van der Waals surface area contributed by atoms with Crippen molar-refractivity contribution in [1.29, 1.82) is 0 Å². The van der Waals surface area contributed by atoms with Gasteiger partial charge in [0.15, 0.2) is 5.76 Å². The number of non-ortho nitro benzene ring substituents is 1. The predicted octanol–water partition coefficient (Wildman–Crippen LogP) is 3.47. The van der Waals surface area contributed by atoms with Crippen LogP contribution in [-0.4, -0.2) is 17.8 Å². The standard InChI is InChI=1S/C16H13NO4/c1-21-15(16(18)13-5-3-2-4-6-13)11-12-7-9-14(10-8-12)17(19)20/h2-11H,1H3/b15-11+. The Morgan fingerprint density at radius 3 is 2.24 bits per heavy atom. The maximum Gasteiger partial charge on any atom is 0.269 e. The van der Waals surface area contributed by atoms with Gasteiger partial charge in [0.2, 0.25) is 5.78 Å². The van der Waals surface area contributed by atoms with Gasteiger partial charge < -0.3 is 4.74 Å². The Balaban J connectivity index is 2.28. The minimum Gasteiger partial charge on any atom is -0.493 e. The lowest BCUT2D eigenvalue weighted by molar-refractivity contribution is -0.384. The molecule has 2 rings (SSSR count). The zero-order chi connectivity index (χ0) is 15.2. The third kappa shape index (κ3) is 3.54. The highest BCUT2D eigenvalue weighted by Gasteiger charge is 2.12. The molecule has 0 unspecified atom stereocenters. The van der Waals surface area contributed by atoms with Crippen molar-refractivity contribution >= 4 is 17.5 Å². The number of carbonyl (C=O) groups excluding carboxylic acids is 1. The highest BCUT2D eigenvalue weighted by Crippen LogP contribution is 2.17. The summed E-state index contributed by atoms with van der Waals surface area (Å²) in [6, 6.07) is 14.7. The number of Topliss-reactive ketones (excluding diaryl/α,β-unsaturated/α-hetero) is 1. The first-order valence-electron chi connectivity index (χ1n) is 6.21. The van der Waals surface area contributed by atoms with Gasteiger partial charge in [-0.05, 0) is 23.8 Å². The number of ether oxygens (including phenoxy) is 1. The lowest BCUT2D eigenvalue weighted by Gasteiger charge is -2.05. The second-order valence-corrected chi connectivity index (χ2v) is 4.26. The summed E-state index contributed by atoms with van der Waals surface area (Å²) in [7, 11) is 1.41. The lowest BCUT2D eigenvalue weighted by atomic mass is 10.1. The van der Waals surface area contributed by atoms with Crippen LogP contribution in [0, 0.1) is 10.1 Å². The van der Waals surface area contributed by atoms with Gasteiger partial charge in [-0.3, -0.25) is 14.9 Å².